The number of hydrogen-bond acceptors (Lipinski definition) is 3. The highest BCUT2D eigenvalue weighted by atomic mass is 14.9. The first-order valence-corrected chi connectivity index (χ1v) is 14.2. The van der Waals surface area contributed by atoms with E-state index in [0.29, 0.717) is 5.92 Å². The summed E-state index contributed by atoms with van der Waals surface area (Å²) in [6.45, 7) is 8.16. The maximum atomic E-state index is 3.92. The maximum absolute atomic E-state index is 3.92. The molecule has 194 valence electrons. The van der Waals surface area contributed by atoms with Crippen LogP contribution in [0.3, 0.4) is 0 Å². The van der Waals surface area contributed by atoms with Gasteiger partial charge in [0.1, 0.15) is 0 Å². The van der Waals surface area contributed by atoms with Crippen molar-refractivity contribution in [2.75, 3.05) is 13.6 Å². The van der Waals surface area contributed by atoms with Gasteiger partial charge in [0.15, 0.2) is 0 Å². The predicted octanol–water partition coefficient (Wildman–Crippen LogP) is 7.73. The van der Waals surface area contributed by atoms with E-state index in [0.717, 1.165) is 44.6 Å². The quantitative estimate of drug-likeness (QED) is 0.277. The molecule has 0 heterocycles. The second-order valence-electron chi connectivity index (χ2n) is 11.4. The van der Waals surface area contributed by atoms with E-state index in [2.05, 4.69) is 97.6 Å². The Morgan fingerprint density at radius 2 is 2.00 bits per heavy atom. The normalized spacial score (nSPS) is 28.6. The summed E-state index contributed by atoms with van der Waals surface area (Å²) in [6.07, 6.45) is 33.5. The third-order valence-corrected chi connectivity index (χ3v) is 8.05. The van der Waals surface area contributed by atoms with Gasteiger partial charge in [-0.15, -0.1) is 0 Å². The highest BCUT2D eigenvalue weighted by Gasteiger charge is 2.31. The molecule has 3 heteroatoms. The van der Waals surface area contributed by atoms with Crippen LogP contribution in [-0.4, -0.2) is 13.6 Å². The van der Waals surface area contributed by atoms with Crippen molar-refractivity contribution >= 4 is 0 Å². The smallest absolute Gasteiger partial charge is 0.0230 e. The molecule has 3 nitrogen and oxygen atoms in total. The van der Waals surface area contributed by atoms with E-state index in [1.807, 2.05) is 7.05 Å². The van der Waals surface area contributed by atoms with Gasteiger partial charge in [-0.3, -0.25) is 0 Å². The maximum Gasteiger partial charge on any atom is 0.0230 e. The van der Waals surface area contributed by atoms with Crippen LogP contribution in [0.2, 0.25) is 0 Å². The van der Waals surface area contributed by atoms with Crippen LogP contribution < -0.4 is 16.0 Å². The Kier molecular flexibility index (Phi) is 9.31. The van der Waals surface area contributed by atoms with Crippen molar-refractivity contribution in [2.24, 2.45) is 17.3 Å². The standard InChI is InChI=1S/C33H47N3/c1-25-12-11-13-28(22-25)36-32-23-26(2)14-16-29(32)27-15-17-31(35-21-10-6-9-20-34-4)30(24-27)33(3)18-7-5-8-19-33/h5,7-8,10,13-14,16,18,21,24-26,34-36H,6,9,11-12,15,17,19-20,22-23H2,1-4H3/b21-10+. The van der Waals surface area contributed by atoms with Crippen molar-refractivity contribution < 1.29 is 0 Å². The van der Waals surface area contributed by atoms with Gasteiger partial charge < -0.3 is 16.0 Å². The molecular weight excluding hydrogens is 438 g/mol. The van der Waals surface area contributed by atoms with E-state index >= 15 is 0 Å². The van der Waals surface area contributed by atoms with E-state index in [9.17, 15) is 0 Å². The number of nitrogens with one attached hydrogen (secondary N) is 3. The molecule has 0 aromatic carbocycles. The van der Waals surface area contributed by atoms with Crippen molar-refractivity contribution in [3.05, 3.63) is 94.7 Å². The largest absolute Gasteiger partial charge is 0.365 e. The Labute approximate surface area is 220 Å². The third kappa shape index (κ3) is 6.82. The fourth-order valence-corrected chi connectivity index (χ4v) is 5.85. The van der Waals surface area contributed by atoms with Crippen LogP contribution in [0.4, 0.5) is 0 Å². The van der Waals surface area contributed by atoms with Gasteiger partial charge in [0.05, 0.1) is 0 Å². The molecule has 0 aliphatic heterocycles. The second kappa shape index (κ2) is 12.6. The van der Waals surface area contributed by atoms with Gasteiger partial charge in [0.2, 0.25) is 0 Å². The van der Waals surface area contributed by atoms with E-state index in [-0.39, 0.29) is 5.41 Å². The number of hydrogen-bond donors (Lipinski definition) is 3. The molecule has 0 aromatic rings. The highest BCUT2D eigenvalue weighted by molar-refractivity contribution is 5.53. The molecule has 0 aromatic heterocycles. The minimum atomic E-state index is 0.0177. The molecule has 4 aliphatic rings. The first-order chi connectivity index (χ1) is 17.5. The highest BCUT2D eigenvalue weighted by Crippen LogP contribution is 2.43. The van der Waals surface area contributed by atoms with Crippen molar-refractivity contribution in [1.29, 1.82) is 0 Å². The van der Waals surface area contributed by atoms with Crippen molar-refractivity contribution in [3.8, 4) is 0 Å². The zero-order valence-corrected chi connectivity index (χ0v) is 23.0. The van der Waals surface area contributed by atoms with Crippen LogP contribution in [0.1, 0.15) is 78.6 Å². The molecule has 3 unspecified atom stereocenters. The van der Waals surface area contributed by atoms with Gasteiger partial charge >= 0.3 is 0 Å². The fraction of sp³-hybridized carbons (Fsp3) is 0.515. The van der Waals surface area contributed by atoms with Crippen LogP contribution in [0.15, 0.2) is 94.7 Å². The van der Waals surface area contributed by atoms with E-state index in [1.54, 1.807) is 0 Å². The molecular formula is C33H47N3. The molecule has 0 amide bonds. The van der Waals surface area contributed by atoms with Crippen molar-refractivity contribution in [2.45, 2.75) is 78.6 Å². The molecule has 3 N–H and O–H groups in total. The van der Waals surface area contributed by atoms with Gasteiger partial charge in [0.25, 0.3) is 0 Å². The summed E-state index contributed by atoms with van der Waals surface area (Å²) < 4.78 is 0. The zero-order chi connectivity index (χ0) is 25.4. The Morgan fingerprint density at radius 3 is 2.78 bits per heavy atom. The summed E-state index contributed by atoms with van der Waals surface area (Å²) >= 11 is 0. The molecule has 0 bridgehead atoms. The minimum absolute atomic E-state index is 0.0177. The van der Waals surface area contributed by atoms with Gasteiger partial charge in [0, 0.05) is 22.5 Å². The van der Waals surface area contributed by atoms with Crippen LogP contribution in [0.5, 0.6) is 0 Å². The first-order valence-electron chi connectivity index (χ1n) is 14.2. The Bertz CT molecular complexity index is 1030. The summed E-state index contributed by atoms with van der Waals surface area (Å²) in [5.74, 6) is 1.35. The molecule has 0 radical (unpaired) electrons. The number of allylic oxidation sites excluding steroid dienone is 15. The van der Waals surface area contributed by atoms with E-state index in [4.69, 9.17) is 0 Å². The van der Waals surface area contributed by atoms with Crippen molar-refractivity contribution in [1.82, 2.24) is 16.0 Å². The van der Waals surface area contributed by atoms with Crippen LogP contribution in [-0.2, 0) is 0 Å². The summed E-state index contributed by atoms with van der Waals surface area (Å²) in [5.41, 5.74) is 8.57. The predicted molar refractivity (Wildman–Crippen MR) is 155 cm³/mol. The molecule has 0 spiro atoms. The molecule has 3 atom stereocenters. The lowest BCUT2D eigenvalue weighted by Crippen LogP contribution is -2.25. The molecule has 36 heavy (non-hydrogen) atoms. The van der Waals surface area contributed by atoms with Gasteiger partial charge in [-0.1, -0.05) is 75.5 Å². The molecule has 4 aliphatic carbocycles. The lowest BCUT2D eigenvalue weighted by molar-refractivity contribution is 0.490. The lowest BCUT2D eigenvalue weighted by Gasteiger charge is -2.35. The third-order valence-electron chi connectivity index (χ3n) is 8.05. The Hall–Kier alpha value is -2.52. The minimum Gasteiger partial charge on any atom is -0.365 e. The van der Waals surface area contributed by atoms with Gasteiger partial charge in [-0.05, 0) is 106 Å². The SMILES string of the molecule is CNCCC/C=C/NC1=C(C2(C)C=CC=CC2)C=C(C2=C(NC3=CCCC(C)C3)CC(C)C=C2)CC1. The summed E-state index contributed by atoms with van der Waals surface area (Å²) in [4.78, 5) is 0. The van der Waals surface area contributed by atoms with Crippen molar-refractivity contribution in [3.63, 3.8) is 0 Å². The first kappa shape index (κ1) is 26.5. The van der Waals surface area contributed by atoms with Gasteiger partial charge in [-0.25, -0.2) is 0 Å². The zero-order valence-electron chi connectivity index (χ0n) is 23.0. The second-order valence-corrected chi connectivity index (χ2v) is 11.4. The van der Waals surface area contributed by atoms with E-state index < -0.39 is 0 Å². The van der Waals surface area contributed by atoms with Crippen LogP contribution in [0.25, 0.3) is 0 Å². The monoisotopic (exact) mass is 485 g/mol. The molecule has 0 fully saturated rings. The average molecular weight is 486 g/mol. The molecule has 0 saturated heterocycles. The Morgan fingerprint density at radius 1 is 1.11 bits per heavy atom. The topological polar surface area (TPSA) is 36.1 Å². The van der Waals surface area contributed by atoms with Crippen LogP contribution >= 0.6 is 0 Å². The lowest BCUT2D eigenvalue weighted by atomic mass is 9.72. The van der Waals surface area contributed by atoms with Crippen LogP contribution in [0, 0.1) is 17.3 Å². The fourth-order valence-electron chi connectivity index (χ4n) is 5.85. The summed E-state index contributed by atoms with van der Waals surface area (Å²) in [7, 11) is 2.02. The molecule has 0 saturated carbocycles. The number of unbranched alkanes of at least 4 members (excludes halogenated alkanes) is 1. The number of rotatable bonds is 10. The summed E-state index contributed by atoms with van der Waals surface area (Å²) in [6, 6.07) is 0. The Balaban J connectivity index is 1.64. The van der Waals surface area contributed by atoms with E-state index in [1.165, 1.54) is 59.5 Å². The van der Waals surface area contributed by atoms with Gasteiger partial charge in [-0.2, -0.15) is 0 Å². The summed E-state index contributed by atoms with van der Waals surface area (Å²) in [5, 5.41) is 10.8. The average Bonchev–Trinajstić information content (AvgIpc) is 2.87. The molecule has 4 rings (SSSR count).